The van der Waals surface area contributed by atoms with E-state index in [0.29, 0.717) is 22.2 Å². The molecule has 1 aromatic carbocycles. The molecule has 3 N–H and O–H groups in total. The van der Waals surface area contributed by atoms with Gasteiger partial charge < -0.3 is 14.9 Å². The number of carbonyl (C=O) groups is 4. The largest absolute Gasteiger partial charge is 0.496 e. The number of carbonyl (C=O) groups excluding carboxylic acids is 2. The smallest absolute Gasteiger partial charge is 0.325 e. The fourth-order valence-electron chi connectivity index (χ4n) is 4.49. The van der Waals surface area contributed by atoms with Crippen molar-refractivity contribution in [2.75, 3.05) is 13.7 Å². The molecule has 0 spiro atoms. The van der Waals surface area contributed by atoms with E-state index in [1.54, 1.807) is 18.2 Å². The zero-order valence-corrected chi connectivity index (χ0v) is 18.1. The first kappa shape index (κ1) is 22.2. The van der Waals surface area contributed by atoms with Gasteiger partial charge in [-0.25, -0.2) is 0 Å². The summed E-state index contributed by atoms with van der Waals surface area (Å²) < 4.78 is 6.06. The Morgan fingerprint density at radius 1 is 1.27 bits per heavy atom. The highest BCUT2D eigenvalue weighted by Crippen LogP contribution is 2.51. The molecule has 2 heterocycles. The molecule has 0 saturated carbocycles. The number of carboxylic acids is 2. The number of amides is 2. The molecule has 2 aliphatic heterocycles. The van der Waals surface area contributed by atoms with Crippen LogP contribution in [0.1, 0.15) is 37.8 Å². The van der Waals surface area contributed by atoms with Crippen molar-refractivity contribution in [1.29, 1.82) is 0 Å². The molecule has 162 valence electrons. The molecule has 30 heavy (non-hydrogen) atoms. The summed E-state index contributed by atoms with van der Waals surface area (Å²) in [5, 5.41) is 22.3. The van der Waals surface area contributed by atoms with Gasteiger partial charge in [0.2, 0.25) is 11.8 Å². The summed E-state index contributed by atoms with van der Waals surface area (Å²) in [6.07, 6.45) is 0.484. The molecule has 10 heteroatoms. The fraction of sp³-hybridized carbons (Fsp3) is 0.500. The highest BCUT2D eigenvalue weighted by Gasteiger charge is 2.69. The van der Waals surface area contributed by atoms with Crippen LogP contribution in [0.2, 0.25) is 0 Å². The zero-order chi connectivity index (χ0) is 22.2. The summed E-state index contributed by atoms with van der Waals surface area (Å²) >= 11 is 3.36. The van der Waals surface area contributed by atoms with Gasteiger partial charge in [0.05, 0.1) is 25.4 Å². The summed E-state index contributed by atoms with van der Waals surface area (Å²) in [6, 6.07) is 4.16. The van der Waals surface area contributed by atoms with Gasteiger partial charge in [0, 0.05) is 22.6 Å². The quantitative estimate of drug-likeness (QED) is 0.477. The minimum atomic E-state index is -2.11. The molecular weight excluding hydrogens is 460 g/mol. The molecule has 2 fully saturated rings. The Labute approximate surface area is 181 Å². The third-order valence-corrected chi connectivity index (χ3v) is 6.31. The number of ether oxygens (including phenoxy) is 1. The number of imide groups is 1. The van der Waals surface area contributed by atoms with Crippen LogP contribution in [0.5, 0.6) is 5.75 Å². The minimum absolute atomic E-state index is 0.173. The van der Waals surface area contributed by atoms with E-state index >= 15 is 0 Å². The Bertz CT molecular complexity index is 905. The maximum Gasteiger partial charge on any atom is 0.325 e. The van der Waals surface area contributed by atoms with Gasteiger partial charge in [-0.2, -0.15) is 0 Å². The van der Waals surface area contributed by atoms with Crippen molar-refractivity contribution in [2.45, 2.75) is 37.8 Å². The molecule has 0 bridgehead atoms. The number of hydrogen-bond acceptors (Lipinski definition) is 6. The summed E-state index contributed by atoms with van der Waals surface area (Å²) in [7, 11) is 1.44. The molecule has 1 aromatic rings. The monoisotopic (exact) mass is 482 g/mol. The molecule has 0 radical (unpaired) electrons. The number of likely N-dealkylation sites (tertiary alicyclic amines) is 1. The van der Waals surface area contributed by atoms with Crippen LogP contribution in [0.15, 0.2) is 22.7 Å². The lowest BCUT2D eigenvalue weighted by atomic mass is 9.77. The number of nitrogens with one attached hydrogen (secondary N) is 1. The molecule has 0 aromatic heterocycles. The number of fused-ring (bicyclic) bond motifs is 1. The van der Waals surface area contributed by atoms with Crippen molar-refractivity contribution in [2.24, 2.45) is 11.8 Å². The third-order valence-electron chi connectivity index (χ3n) is 5.82. The van der Waals surface area contributed by atoms with Crippen LogP contribution in [-0.2, 0) is 19.2 Å². The topological polar surface area (TPSA) is 133 Å². The van der Waals surface area contributed by atoms with Gasteiger partial charge in [0.1, 0.15) is 11.3 Å². The number of benzene rings is 1. The maximum absolute atomic E-state index is 13.2. The molecular formula is C20H23BrN2O7. The van der Waals surface area contributed by atoms with Crippen molar-refractivity contribution < 1.29 is 34.1 Å². The predicted molar refractivity (Wildman–Crippen MR) is 108 cm³/mol. The summed E-state index contributed by atoms with van der Waals surface area (Å²) in [5.74, 6) is -5.97. The van der Waals surface area contributed by atoms with Gasteiger partial charge in [-0.1, -0.05) is 29.3 Å². The van der Waals surface area contributed by atoms with Crippen LogP contribution >= 0.6 is 15.9 Å². The van der Waals surface area contributed by atoms with E-state index in [9.17, 15) is 29.4 Å². The van der Waals surface area contributed by atoms with E-state index in [4.69, 9.17) is 4.74 Å². The predicted octanol–water partition coefficient (Wildman–Crippen LogP) is 1.80. The SMILES string of the molecule is CCCCN1C(=O)C2C(c3cc(Br)ccc3OC)NC(CC(=O)O)(C(=O)O)C2C1=O. The van der Waals surface area contributed by atoms with E-state index in [1.807, 2.05) is 6.92 Å². The lowest BCUT2D eigenvalue weighted by Gasteiger charge is -2.30. The first-order valence-corrected chi connectivity index (χ1v) is 10.4. The highest BCUT2D eigenvalue weighted by molar-refractivity contribution is 9.10. The van der Waals surface area contributed by atoms with Gasteiger partial charge in [-0.05, 0) is 24.6 Å². The molecule has 2 saturated heterocycles. The lowest BCUT2D eigenvalue weighted by Crippen LogP contribution is -2.57. The Morgan fingerprint density at radius 3 is 2.53 bits per heavy atom. The van der Waals surface area contributed by atoms with E-state index in [-0.39, 0.29) is 6.54 Å². The second-order valence-electron chi connectivity index (χ2n) is 7.54. The lowest BCUT2D eigenvalue weighted by molar-refractivity contribution is -0.156. The van der Waals surface area contributed by atoms with Gasteiger partial charge in [0.15, 0.2) is 0 Å². The number of rotatable bonds is 8. The molecule has 4 unspecified atom stereocenters. The van der Waals surface area contributed by atoms with Gasteiger partial charge >= 0.3 is 11.9 Å². The van der Waals surface area contributed by atoms with Crippen molar-refractivity contribution in [1.82, 2.24) is 10.2 Å². The number of halogens is 1. The Kier molecular flexibility index (Phi) is 6.19. The zero-order valence-electron chi connectivity index (χ0n) is 16.6. The Hall–Kier alpha value is -2.46. The van der Waals surface area contributed by atoms with E-state index < -0.39 is 53.6 Å². The molecule has 3 rings (SSSR count). The average molecular weight is 483 g/mol. The fourth-order valence-corrected chi connectivity index (χ4v) is 4.87. The third kappa shape index (κ3) is 3.47. The van der Waals surface area contributed by atoms with Crippen LogP contribution in [0.4, 0.5) is 0 Å². The first-order valence-electron chi connectivity index (χ1n) is 9.59. The van der Waals surface area contributed by atoms with Crippen LogP contribution < -0.4 is 10.1 Å². The molecule has 9 nitrogen and oxygen atoms in total. The standard InChI is InChI=1S/C20H23BrN2O7/c1-3-4-7-23-17(26)14-15(18(23)27)20(19(28)29,9-13(24)25)22-16(14)11-8-10(21)5-6-12(11)30-2/h5-6,8,14-16,22H,3-4,7,9H2,1-2H3,(H,24,25)(H,28,29). The van der Waals surface area contributed by atoms with Crippen LogP contribution in [-0.4, -0.2) is 58.1 Å². The average Bonchev–Trinajstić information content (AvgIpc) is 3.15. The number of nitrogens with zero attached hydrogens (tertiary/aromatic N) is 1. The van der Waals surface area contributed by atoms with Crippen LogP contribution in [0, 0.1) is 11.8 Å². The minimum Gasteiger partial charge on any atom is -0.496 e. The number of hydrogen-bond donors (Lipinski definition) is 3. The first-order chi connectivity index (χ1) is 14.2. The normalized spacial score (nSPS) is 28.0. The number of methoxy groups -OCH3 is 1. The highest BCUT2D eigenvalue weighted by atomic mass is 79.9. The summed E-state index contributed by atoms with van der Waals surface area (Å²) in [4.78, 5) is 51.4. The second-order valence-corrected chi connectivity index (χ2v) is 8.46. The van der Waals surface area contributed by atoms with E-state index in [2.05, 4.69) is 21.2 Å². The van der Waals surface area contributed by atoms with E-state index in [1.165, 1.54) is 7.11 Å². The number of unbranched alkanes of at least 4 members (excludes halogenated alkanes) is 1. The number of carboxylic acid groups (broad SMARTS) is 2. The molecule has 2 aliphatic rings. The van der Waals surface area contributed by atoms with E-state index in [0.717, 1.165) is 11.3 Å². The summed E-state index contributed by atoms with van der Waals surface area (Å²) in [6.45, 7) is 2.08. The van der Waals surface area contributed by atoms with Crippen molar-refractivity contribution in [3.63, 3.8) is 0 Å². The molecule has 0 aliphatic carbocycles. The number of aliphatic carboxylic acids is 2. The van der Waals surface area contributed by atoms with Crippen LogP contribution in [0.3, 0.4) is 0 Å². The van der Waals surface area contributed by atoms with Gasteiger partial charge in [-0.3, -0.25) is 29.4 Å². The van der Waals surface area contributed by atoms with Crippen LogP contribution in [0.25, 0.3) is 0 Å². The van der Waals surface area contributed by atoms with Gasteiger partial charge in [0.25, 0.3) is 0 Å². The Morgan fingerprint density at radius 2 is 1.97 bits per heavy atom. The van der Waals surface area contributed by atoms with Gasteiger partial charge in [-0.15, -0.1) is 0 Å². The molecule has 4 atom stereocenters. The summed E-state index contributed by atoms with van der Waals surface area (Å²) in [5.41, 5.74) is -1.63. The second kappa shape index (κ2) is 8.35. The van der Waals surface area contributed by atoms with Crippen molar-refractivity contribution in [3.8, 4) is 5.75 Å². The Balaban J connectivity index is 2.18. The maximum atomic E-state index is 13.2. The molecule has 2 amide bonds. The van der Waals surface area contributed by atoms with Crippen molar-refractivity contribution >= 4 is 39.7 Å². The van der Waals surface area contributed by atoms with Crippen molar-refractivity contribution in [3.05, 3.63) is 28.2 Å².